The van der Waals surface area contributed by atoms with E-state index in [1.807, 2.05) is 39.2 Å². The van der Waals surface area contributed by atoms with Gasteiger partial charge in [0.05, 0.1) is 24.3 Å². The first kappa shape index (κ1) is 17.5. The zero-order valence-electron chi connectivity index (χ0n) is 14.9. The number of amides is 1. The maximum atomic E-state index is 13.0. The fraction of sp³-hybridized carbons (Fsp3) is 0.647. The lowest BCUT2D eigenvalue weighted by Gasteiger charge is -2.29. The van der Waals surface area contributed by atoms with Crippen LogP contribution in [-0.4, -0.2) is 46.8 Å². The zero-order chi connectivity index (χ0) is 17.4. The van der Waals surface area contributed by atoms with E-state index in [0.717, 1.165) is 5.69 Å². The standard InChI is InChI=1S/C17H26N2O4/c1-7-18-12(4)13(11(3)14(18)16(21)23-8-2)15(20)19-10-22-9-17(19,5)6/h7-10H2,1-6H3. The Morgan fingerprint density at radius 3 is 2.39 bits per heavy atom. The Bertz CT molecular complexity index is 631. The van der Waals surface area contributed by atoms with Gasteiger partial charge in [-0.25, -0.2) is 4.79 Å². The van der Waals surface area contributed by atoms with Crippen LogP contribution >= 0.6 is 0 Å². The van der Waals surface area contributed by atoms with E-state index in [0.29, 0.717) is 36.6 Å². The number of hydrogen-bond acceptors (Lipinski definition) is 4. The van der Waals surface area contributed by atoms with Crippen LogP contribution in [0.5, 0.6) is 0 Å². The number of aromatic nitrogens is 1. The summed E-state index contributed by atoms with van der Waals surface area (Å²) in [5.74, 6) is -0.480. The Hall–Kier alpha value is -1.82. The lowest BCUT2D eigenvalue weighted by molar-refractivity contribution is 0.0512. The second-order valence-corrected chi connectivity index (χ2v) is 6.42. The average Bonchev–Trinajstić information content (AvgIpc) is 2.95. The third-order valence-electron chi connectivity index (χ3n) is 4.42. The molecule has 0 spiro atoms. The molecule has 0 bridgehead atoms. The minimum Gasteiger partial charge on any atom is -0.461 e. The molecule has 1 aromatic heterocycles. The molecule has 1 fully saturated rings. The largest absolute Gasteiger partial charge is 0.461 e. The molecule has 23 heavy (non-hydrogen) atoms. The van der Waals surface area contributed by atoms with Gasteiger partial charge >= 0.3 is 5.97 Å². The van der Waals surface area contributed by atoms with Crippen molar-refractivity contribution in [1.29, 1.82) is 0 Å². The smallest absolute Gasteiger partial charge is 0.355 e. The third kappa shape index (κ3) is 2.87. The van der Waals surface area contributed by atoms with Crippen molar-refractivity contribution < 1.29 is 19.1 Å². The number of carbonyl (C=O) groups excluding carboxylic acids is 2. The highest BCUT2D eigenvalue weighted by Gasteiger charge is 2.39. The molecule has 0 saturated carbocycles. The molecule has 2 heterocycles. The molecule has 6 nitrogen and oxygen atoms in total. The molecule has 1 aliphatic heterocycles. The zero-order valence-corrected chi connectivity index (χ0v) is 14.9. The molecule has 1 aromatic rings. The van der Waals surface area contributed by atoms with Gasteiger partial charge in [0, 0.05) is 12.2 Å². The van der Waals surface area contributed by atoms with Gasteiger partial charge in [-0.1, -0.05) is 0 Å². The van der Waals surface area contributed by atoms with Crippen LogP contribution in [0, 0.1) is 13.8 Å². The Kier molecular flexibility index (Phi) is 4.84. The van der Waals surface area contributed by atoms with Crippen LogP contribution in [0.4, 0.5) is 0 Å². The van der Waals surface area contributed by atoms with E-state index in [1.54, 1.807) is 11.8 Å². The van der Waals surface area contributed by atoms with Crippen molar-refractivity contribution in [2.75, 3.05) is 19.9 Å². The highest BCUT2D eigenvalue weighted by Crippen LogP contribution is 2.29. The molecule has 1 aliphatic rings. The van der Waals surface area contributed by atoms with Gasteiger partial charge in [-0.05, 0) is 47.1 Å². The number of hydrogen-bond donors (Lipinski definition) is 0. The number of esters is 1. The molecular weight excluding hydrogens is 296 g/mol. The van der Waals surface area contributed by atoms with Crippen molar-refractivity contribution in [2.24, 2.45) is 0 Å². The lowest BCUT2D eigenvalue weighted by atomic mass is 10.0. The molecule has 1 amide bonds. The molecule has 0 unspecified atom stereocenters. The summed E-state index contributed by atoms with van der Waals surface area (Å²) < 4.78 is 12.5. The quantitative estimate of drug-likeness (QED) is 0.799. The average molecular weight is 322 g/mol. The van der Waals surface area contributed by atoms with E-state index in [4.69, 9.17) is 9.47 Å². The summed E-state index contributed by atoms with van der Waals surface area (Å²) in [6.45, 7) is 13.1. The molecule has 0 aliphatic carbocycles. The molecule has 0 radical (unpaired) electrons. The predicted octanol–water partition coefficient (Wildman–Crippen LogP) is 2.51. The van der Waals surface area contributed by atoms with Crippen molar-refractivity contribution >= 4 is 11.9 Å². The number of ether oxygens (including phenoxy) is 2. The second kappa shape index (κ2) is 6.35. The van der Waals surface area contributed by atoms with Gasteiger partial charge in [-0.15, -0.1) is 0 Å². The summed E-state index contributed by atoms with van der Waals surface area (Å²) in [6.07, 6.45) is 0. The van der Waals surface area contributed by atoms with E-state index < -0.39 is 0 Å². The Labute approximate surface area is 137 Å². The SMILES string of the molecule is CCOC(=O)c1c(C)c(C(=O)N2COCC2(C)C)c(C)n1CC. The van der Waals surface area contributed by atoms with Crippen LogP contribution in [0.2, 0.25) is 0 Å². The Morgan fingerprint density at radius 1 is 1.26 bits per heavy atom. The summed E-state index contributed by atoms with van der Waals surface area (Å²) in [6, 6.07) is 0. The molecular formula is C17H26N2O4. The van der Waals surface area contributed by atoms with Gasteiger partial charge in [-0.3, -0.25) is 4.79 Å². The highest BCUT2D eigenvalue weighted by atomic mass is 16.5. The highest BCUT2D eigenvalue weighted by molar-refractivity contribution is 6.01. The van der Waals surface area contributed by atoms with E-state index in [-0.39, 0.29) is 24.1 Å². The fourth-order valence-corrected chi connectivity index (χ4v) is 3.18. The van der Waals surface area contributed by atoms with Crippen LogP contribution in [-0.2, 0) is 16.0 Å². The van der Waals surface area contributed by atoms with Crippen molar-refractivity contribution in [3.05, 3.63) is 22.5 Å². The van der Waals surface area contributed by atoms with Crippen molar-refractivity contribution in [1.82, 2.24) is 9.47 Å². The molecule has 1 saturated heterocycles. The van der Waals surface area contributed by atoms with Gasteiger partial charge in [0.2, 0.25) is 0 Å². The minimum absolute atomic E-state index is 0.0970. The first-order chi connectivity index (χ1) is 10.8. The molecule has 0 N–H and O–H groups in total. The summed E-state index contributed by atoms with van der Waals surface area (Å²) in [7, 11) is 0. The summed E-state index contributed by atoms with van der Waals surface area (Å²) >= 11 is 0. The minimum atomic E-state index is -0.383. The predicted molar refractivity (Wildman–Crippen MR) is 86.6 cm³/mol. The first-order valence-corrected chi connectivity index (χ1v) is 8.02. The van der Waals surface area contributed by atoms with Crippen LogP contribution < -0.4 is 0 Å². The van der Waals surface area contributed by atoms with E-state index in [1.165, 1.54) is 0 Å². The van der Waals surface area contributed by atoms with Crippen LogP contribution in [0.25, 0.3) is 0 Å². The fourth-order valence-electron chi connectivity index (χ4n) is 3.18. The molecule has 128 valence electrons. The van der Waals surface area contributed by atoms with Crippen molar-refractivity contribution in [3.63, 3.8) is 0 Å². The monoisotopic (exact) mass is 322 g/mol. The van der Waals surface area contributed by atoms with Gasteiger partial charge in [0.1, 0.15) is 12.4 Å². The molecule has 0 atom stereocenters. The van der Waals surface area contributed by atoms with Crippen molar-refractivity contribution in [2.45, 2.75) is 53.6 Å². The summed E-state index contributed by atoms with van der Waals surface area (Å²) in [5, 5.41) is 0. The Morgan fingerprint density at radius 2 is 1.91 bits per heavy atom. The van der Waals surface area contributed by atoms with Gasteiger partial charge in [0.25, 0.3) is 5.91 Å². The Balaban J connectivity index is 2.51. The summed E-state index contributed by atoms with van der Waals surface area (Å²) in [4.78, 5) is 27.1. The van der Waals surface area contributed by atoms with Crippen molar-refractivity contribution in [3.8, 4) is 0 Å². The van der Waals surface area contributed by atoms with E-state index in [9.17, 15) is 9.59 Å². The van der Waals surface area contributed by atoms with Crippen LogP contribution in [0.15, 0.2) is 0 Å². The van der Waals surface area contributed by atoms with Gasteiger partial charge < -0.3 is 18.9 Å². The van der Waals surface area contributed by atoms with E-state index >= 15 is 0 Å². The van der Waals surface area contributed by atoms with Crippen LogP contribution in [0.1, 0.15) is 59.8 Å². The van der Waals surface area contributed by atoms with Gasteiger partial charge in [0.15, 0.2) is 0 Å². The third-order valence-corrected chi connectivity index (χ3v) is 4.42. The number of rotatable bonds is 4. The first-order valence-electron chi connectivity index (χ1n) is 8.02. The maximum absolute atomic E-state index is 13.0. The van der Waals surface area contributed by atoms with Crippen LogP contribution in [0.3, 0.4) is 0 Å². The lowest BCUT2D eigenvalue weighted by Crippen LogP contribution is -2.44. The molecule has 0 aromatic carbocycles. The van der Waals surface area contributed by atoms with E-state index in [2.05, 4.69) is 0 Å². The topological polar surface area (TPSA) is 60.8 Å². The van der Waals surface area contributed by atoms with Gasteiger partial charge in [-0.2, -0.15) is 0 Å². The number of nitrogens with zero attached hydrogens (tertiary/aromatic N) is 2. The summed E-state index contributed by atoms with van der Waals surface area (Å²) in [5.41, 5.74) is 2.16. The second-order valence-electron chi connectivity index (χ2n) is 6.42. The molecule has 2 rings (SSSR count). The maximum Gasteiger partial charge on any atom is 0.355 e. The normalized spacial score (nSPS) is 16.7. The molecule has 6 heteroatoms. The number of carbonyl (C=O) groups is 2.